The number of benzene rings is 1. The van der Waals surface area contributed by atoms with Crippen LogP contribution in [0.4, 0.5) is 11.5 Å². The third-order valence-corrected chi connectivity index (χ3v) is 3.76. The summed E-state index contributed by atoms with van der Waals surface area (Å²) in [7, 11) is 3.16. The highest BCUT2D eigenvalue weighted by Crippen LogP contribution is 2.30. The molecule has 0 aliphatic heterocycles. The number of nitrogens with one attached hydrogen (secondary N) is 2. The maximum Gasteiger partial charge on any atom is 0.271 e. The zero-order valence-corrected chi connectivity index (χ0v) is 15.0. The Balaban J connectivity index is 1.64. The van der Waals surface area contributed by atoms with Crippen LogP contribution in [0.5, 0.6) is 11.5 Å². The van der Waals surface area contributed by atoms with Gasteiger partial charge in [-0.15, -0.1) is 0 Å². The van der Waals surface area contributed by atoms with Crippen LogP contribution < -0.4 is 20.1 Å². The lowest BCUT2D eigenvalue weighted by Crippen LogP contribution is -2.24. The number of aromatic nitrogens is 3. The summed E-state index contributed by atoms with van der Waals surface area (Å²) in [6.45, 7) is 0.395. The van der Waals surface area contributed by atoms with Crippen molar-refractivity contribution in [2.24, 2.45) is 0 Å². The molecule has 8 heteroatoms. The Bertz CT molecular complexity index is 901. The van der Waals surface area contributed by atoms with Crippen LogP contribution in [-0.2, 0) is 6.54 Å². The highest BCUT2D eigenvalue weighted by atomic mass is 16.5. The van der Waals surface area contributed by atoms with Crippen molar-refractivity contribution in [3.63, 3.8) is 0 Å². The van der Waals surface area contributed by atoms with Crippen molar-refractivity contribution < 1.29 is 14.3 Å². The molecule has 1 amide bonds. The predicted molar refractivity (Wildman–Crippen MR) is 100 cm³/mol. The molecule has 2 aromatic heterocycles. The highest BCUT2D eigenvalue weighted by Gasteiger charge is 2.10. The number of pyridine rings is 1. The first-order chi connectivity index (χ1) is 13.2. The summed E-state index contributed by atoms with van der Waals surface area (Å²) in [5, 5.41) is 5.90. The normalized spacial score (nSPS) is 10.1. The monoisotopic (exact) mass is 365 g/mol. The molecular weight excluding hydrogens is 346 g/mol. The standard InChI is InChI=1S/C19H19N5O3/c1-26-14-3-4-15(17(9-14)27-2)24-18-12-21-16(11-22-18)19(25)23-10-13-5-7-20-8-6-13/h3-9,11-12H,10H2,1-2H3,(H,22,24)(H,23,25). The molecule has 0 aliphatic carbocycles. The molecule has 8 nitrogen and oxygen atoms in total. The second-order valence-electron chi connectivity index (χ2n) is 5.52. The summed E-state index contributed by atoms with van der Waals surface area (Å²) in [6.07, 6.45) is 6.26. The lowest BCUT2D eigenvalue weighted by atomic mass is 10.2. The molecule has 2 N–H and O–H groups in total. The van der Waals surface area contributed by atoms with Gasteiger partial charge >= 0.3 is 0 Å². The van der Waals surface area contributed by atoms with Crippen LogP contribution in [0.2, 0.25) is 0 Å². The first kappa shape index (κ1) is 18.1. The molecule has 0 saturated heterocycles. The van der Waals surface area contributed by atoms with E-state index in [1.807, 2.05) is 18.2 Å². The first-order valence-electron chi connectivity index (χ1n) is 8.18. The molecule has 27 heavy (non-hydrogen) atoms. The summed E-state index contributed by atoms with van der Waals surface area (Å²) < 4.78 is 10.5. The Morgan fingerprint density at radius 2 is 1.85 bits per heavy atom. The minimum atomic E-state index is -0.298. The van der Waals surface area contributed by atoms with Crippen LogP contribution in [0.25, 0.3) is 0 Å². The maximum absolute atomic E-state index is 12.2. The molecule has 0 atom stereocenters. The Morgan fingerprint density at radius 1 is 1.04 bits per heavy atom. The van der Waals surface area contributed by atoms with Gasteiger partial charge in [-0.25, -0.2) is 9.97 Å². The highest BCUT2D eigenvalue weighted by molar-refractivity contribution is 5.92. The SMILES string of the molecule is COc1ccc(Nc2cnc(C(=O)NCc3ccncc3)cn2)c(OC)c1. The number of nitrogens with zero attached hydrogens (tertiary/aromatic N) is 3. The average Bonchev–Trinajstić information content (AvgIpc) is 2.73. The van der Waals surface area contributed by atoms with Crippen molar-refractivity contribution >= 4 is 17.4 Å². The van der Waals surface area contributed by atoms with Gasteiger partial charge in [-0.3, -0.25) is 9.78 Å². The van der Waals surface area contributed by atoms with Gasteiger partial charge in [0.2, 0.25) is 0 Å². The summed E-state index contributed by atoms with van der Waals surface area (Å²) >= 11 is 0. The molecule has 3 aromatic rings. The number of methoxy groups -OCH3 is 2. The van der Waals surface area contributed by atoms with Crippen molar-refractivity contribution in [2.45, 2.75) is 6.54 Å². The Hall–Kier alpha value is -3.68. The molecule has 0 saturated carbocycles. The fourth-order valence-electron chi connectivity index (χ4n) is 2.32. The van der Waals surface area contributed by atoms with Gasteiger partial charge in [0.05, 0.1) is 32.3 Å². The number of amides is 1. The van der Waals surface area contributed by atoms with Gasteiger partial charge in [0.25, 0.3) is 5.91 Å². The number of ether oxygens (including phenoxy) is 2. The molecule has 2 heterocycles. The largest absolute Gasteiger partial charge is 0.497 e. The summed E-state index contributed by atoms with van der Waals surface area (Å²) in [5.74, 6) is 1.48. The van der Waals surface area contributed by atoms with Crippen LogP contribution in [-0.4, -0.2) is 35.1 Å². The molecule has 1 aromatic carbocycles. The van der Waals surface area contributed by atoms with E-state index in [4.69, 9.17) is 9.47 Å². The maximum atomic E-state index is 12.2. The quantitative estimate of drug-likeness (QED) is 0.664. The van der Waals surface area contributed by atoms with Crippen LogP contribution in [0, 0.1) is 0 Å². The van der Waals surface area contributed by atoms with E-state index in [-0.39, 0.29) is 11.6 Å². The predicted octanol–water partition coefficient (Wildman–Crippen LogP) is 2.56. The summed E-state index contributed by atoms with van der Waals surface area (Å²) in [6, 6.07) is 9.05. The second-order valence-corrected chi connectivity index (χ2v) is 5.52. The molecule has 0 unspecified atom stereocenters. The van der Waals surface area contributed by atoms with E-state index in [1.54, 1.807) is 38.7 Å². The van der Waals surface area contributed by atoms with E-state index in [0.29, 0.717) is 29.5 Å². The Kier molecular flexibility index (Phi) is 5.78. The summed E-state index contributed by atoms with van der Waals surface area (Å²) in [5.41, 5.74) is 1.90. The van der Waals surface area contributed by atoms with Gasteiger partial charge < -0.3 is 20.1 Å². The number of anilines is 2. The van der Waals surface area contributed by atoms with Crippen LogP contribution >= 0.6 is 0 Å². The lowest BCUT2D eigenvalue weighted by molar-refractivity contribution is 0.0945. The Labute approximate surface area is 156 Å². The minimum absolute atomic E-state index is 0.233. The van der Waals surface area contributed by atoms with Crippen molar-refractivity contribution in [2.75, 3.05) is 19.5 Å². The minimum Gasteiger partial charge on any atom is -0.497 e. The van der Waals surface area contributed by atoms with Gasteiger partial charge in [-0.1, -0.05) is 0 Å². The third-order valence-electron chi connectivity index (χ3n) is 3.76. The van der Waals surface area contributed by atoms with Crippen molar-refractivity contribution in [1.29, 1.82) is 0 Å². The van der Waals surface area contributed by atoms with E-state index < -0.39 is 0 Å². The van der Waals surface area contributed by atoms with E-state index in [1.165, 1.54) is 12.4 Å². The summed E-state index contributed by atoms with van der Waals surface area (Å²) in [4.78, 5) is 24.5. The average molecular weight is 365 g/mol. The van der Waals surface area contributed by atoms with Crippen molar-refractivity contribution in [1.82, 2.24) is 20.3 Å². The van der Waals surface area contributed by atoms with Crippen LogP contribution in [0.3, 0.4) is 0 Å². The zero-order chi connectivity index (χ0) is 19.1. The van der Waals surface area contributed by atoms with Gasteiger partial charge in [0, 0.05) is 25.0 Å². The molecule has 138 valence electrons. The fourth-order valence-corrected chi connectivity index (χ4v) is 2.32. The second kappa shape index (κ2) is 8.61. The number of rotatable bonds is 7. The van der Waals surface area contributed by atoms with E-state index >= 15 is 0 Å². The number of carbonyl (C=O) groups excluding carboxylic acids is 1. The molecular formula is C19H19N5O3. The molecule has 0 fully saturated rings. The van der Waals surface area contributed by atoms with E-state index in [2.05, 4.69) is 25.6 Å². The van der Waals surface area contributed by atoms with Gasteiger partial charge in [0.15, 0.2) is 0 Å². The Morgan fingerprint density at radius 3 is 2.52 bits per heavy atom. The van der Waals surface area contributed by atoms with Crippen LogP contribution in [0.15, 0.2) is 55.1 Å². The molecule has 0 radical (unpaired) electrons. The topological polar surface area (TPSA) is 98.3 Å². The van der Waals surface area contributed by atoms with Gasteiger partial charge in [0.1, 0.15) is 23.0 Å². The third kappa shape index (κ3) is 4.69. The zero-order valence-electron chi connectivity index (χ0n) is 15.0. The number of hydrogen-bond acceptors (Lipinski definition) is 7. The number of hydrogen-bond donors (Lipinski definition) is 2. The molecule has 3 rings (SSSR count). The van der Waals surface area contributed by atoms with Crippen LogP contribution in [0.1, 0.15) is 16.1 Å². The van der Waals surface area contributed by atoms with E-state index in [0.717, 1.165) is 5.56 Å². The molecule has 0 aliphatic rings. The number of carbonyl (C=O) groups is 1. The van der Waals surface area contributed by atoms with Crippen molar-refractivity contribution in [3.8, 4) is 11.5 Å². The van der Waals surface area contributed by atoms with Gasteiger partial charge in [-0.2, -0.15) is 0 Å². The van der Waals surface area contributed by atoms with Gasteiger partial charge in [-0.05, 0) is 29.8 Å². The van der Waals surface area contributed by atoms with E-state index in [9.17, 15) is 4.79 Å². The smallest absolute Gasteiger partial charge is 0.271 e. The molecule has 0 bridgehead atoms. The fraction of sp³-hybridized carbons (Fsp3) is 0.158. The lowest BCUT2D eigenvalue weighted by Gasteiger charge is -2.12. The molecule has 0 spiro atoms. The van der Waals surface area contributed by atoms with Crippen molar-refractivity contribution in [3.05, 3.63) is 66.4 Å². The first-order valence-corrected chi connectivity index (χ1v) is 8.18.